The van der Waals surface area contributed by atoms with Crippen molar-refractivity contribution in [2.75, 3.05) is 13.2 Å². The first-order valence-corrected chi connectivity index (χ1v) is 7.17. The van der Waals surface area contributed by atoms with E-state index in [1.807, 2.05) is 31.4 Å². The summed E-state index contributed by atoms with van der Waals surface area (Å²) in [4.78, 5) is 23.7. The van der Waals surface area contributed by atoms with E-state index in [2.05, 4.69) is 10.6 Å². The highest BCUT2D eigenvalue weighted by atomic mass is 32.1. The third kappa shape index (κ3) is 4.82. The first kappa shape index (κ1) is 16.5. The number of hydrogen-bond acceptors (Lipinski definition) is 4. The standard InChI is InChI=1S/C13H20N2O4S/c1-13(2,10-4-3-7-20-10)8-14-12(19)15-9(5-6-16)11(17)18/h3-4,7,9,16H,5-6,8H2,1-2H3,(H,17,18)(H2,14,15,19)/t9-/m1/s1. The Morgan fingerprint density at radius 1 is 1.45 bits per heavy atom. The number of carbonyl (C=O) groups is 2. The molecule has 7 heteroatoms. The number of carboxylic acid groups (broad SMARTS) is 1. The highest BCUT2D eigenvalue weighted by Gasteiger charge is 2.24. The van der Waals surface area contributed by atoms with E-state index in [0.29, 0.717) is 6.54 Å². The van der Waals surface area contributed by atoms with Gasteiger partial charge in [0.25, 0.3) is 0 Å². The van der Waals surface area contributed by atoms with Gasteiger partial charge in [-0.2, -0.15) is 0 Å². The van der Waals surface area contributed by atoms with E-state index in [9.17, 15) is 9.59 Å². The molecule has 0 spiro atoms. The van der Waals surface area contributed by atoms with Crippen molar-refractivity contribution >= 4 is 23.3 Å². The average Bonchev–Trinajstić information content (AvgIpc) is 2.90. The van der Waals surface area contributed by atoms with Crippen molar-refractivity contribution < 1.29 is 19.8 Å². The third-order valence-electron chi connectivity index (χ3n) is 2.90. The molecule has 112 valence electrons. The fourth-order valence-corrected chi connectivity index (χ4v) is 2.50. The number of aliphatic hydroxyl groups is 1. The number of amides is 2. The van der Waals surface area contributed by atoms with E-state index in [1.54, 1.807) is 11.3 Å². The molecule has 1 atom stereocenters. The molecule has 0 aliphatic rings. The summed E-state index contributed by atoms with van der Waals surface area (Å²) in [5.74, 6) is -1.16. The molecule has 0 saturated carbocycles. The number of thiophene rings is 1. The Morgan fingerprint density at radius 3 is 2.65 bits per heavy atom. The minimum atomic E-state index is -1.16. The summed E-state index contributed by atoms with van der Waals surface area (Å²) in [6, 6.07) is 2.32. The molecule has 1 aromatic rings. The van der Waals surface area contributed by atoms with Gasteiger partial charge >= 0.3 is 12.0 Å². The summed E-state index contributed by atoms with van der Waals surface area (Å²) in [5.41, 5.74) is -0.221. The molecule has 6 nitrogen and oxygen atoms in total. The second kappa shape index (κ2) is 7.25. The maximum absolute atomic E-state index is 11.7. The Labute approximate surface area is 121 Å². The first-order valence-electron chi connectivity index (χ1n) is 6.29. The summed E-state index contributed by atoms with van der Waals surface area (Å²) in [7, 11) is 0. The molecule has 2 amide bonds. The zero-order valence-corrected chi connectivity index (χ0v) is 12.4. The van der Waals surface area contributed by atoms with E-state index >= 15 is 0 Å². The van der Waals surface area contributed by atoms with Gasteiger partial charge in [0.05, 0.1) is 0 Å². The van der Waals surface area contributed by atoms with Crippen LogP contribution in [-0.2, 0) is 10.2 Å². The van der Waals surface area contributed by atoms with Gasteiger partial charge in [-0.3, -0.25) is 0 Å². The van der Waals surface area contributed by atoms with Gasteiger partial charge in [0.15, 0.2) is 0 Å². The number of nitrogens with one attached hydrogen (secondary N) is 2. The number of carboxylic acids is 1. The van der Waals surface area contributed by atoms with Crippen LogP contribution in [0.4, 0.5) is 4.79 Å². The molecule has 1 heterocycles. The monoisotopic (exact) mass is 300 g/mol. The molecule has 0 radical (unpaired) electrons. The van der Waals surface area contributed by atoms with Crippen molar-refractivity contribution in [3.05, 3.63) is 22.4 Å². The molecule has 1 aromatic heterocycles. The minimum Gasteiger partial charge on any atom is -0.480 e. The quantitative estimate of drug-likeness (QED) is 0.607. The summed E-state index contributed by atoms with van der Waals surface area (Å²) >= 11 is 1.61. The molecular formula is C13H20N2O4S. The SMILES string of the molecule is CC(C)(CNC(=O)N[C@H](CCO)C(=O)O)c1cccs1. The van der Waals surface area contributed by atoms with E-state index in [-0.39, 0.29) is 18.4 Å². The Morgan fingerprint density at radius 2 is 2.15 bits per heavy atom. The van der Waals surface area contributed by atoms with Gasteiger partial charge in [-0.15, -0.1) is 11.3 Å². The maximum Gasteiger partial charge on any atom is 0.326 e. The third-order valence-corrected chi connectivity index (χ3v) is 4.14. The molecule has 0 aliphatic carbocycles. The summed E-state index contributed by atoms with van der Waals surface area (Å²) in [6.07, 6.45) is -0.0168. The zero-order valence-electron chi connectivity index (χ0n) is 11.5. The largest absolute Gasteiger partial charge is 0.480 e. The van der Waals surface area contributed by atoms with Gasteiger partial charge in [-0.25, -0.2) is 9.59 Å². The van der Waals surface area contributed by atoms with Crippen LogP contribution in [0.15, 0.2) is 17.5 Å². The molecule has 4 N–H and O–H groups in total. The predicted molar refractivity (Wildman–Crippen MR) is 77.0 cm³/mol. The maximum atomic E-state index is 11.7. The summed E-state index contributed by atoms with van der Waals surface area (Å²) < 4.78 is 0. The van der Waals surface area contributed by atoms with Crippen molar-refractivity contribution in [3.8, 4) is 0 Å². The fraction of sp³-hybridized carbons (Fsp3) is 0.538. The van der Waals surface area contributed by atoms with Crippen LogP contribution in [0, 0.1) is 0 Å². The molecule has 0 bridgehead atoms. The number of aliphatic carboxylic acids is 1. The van der Waals surface area contributed by atoms with Gasteiger partial charge in [-0.05, 0) is 11.4 Å². The average molecular weight is 300 g/mol. The number of aliphatic hydroxyl groups excluding tert-OH is 1. The molecular weight excluding hydrogens is 280 g/mol. The van der Waals surface area contributed by atoms with Gasteiger partial charge in [0, 0.05) is 29.9 Å². The minimum absolute atomic E-state index is 0.0168. The lowest BCUT2D eigenvalue weighted by atomic mass is 9.91. The lowest BCUT2D eigenvalue weighted by Gasteiger charge is -2.24. The van der Waals surface area contributed by atoms with Crippen LogP contribution in [0.2, 0.25) is 0 Å². The van der Waals surface area contributed by atoms with Gasteiger partial charge in [-0.1, -0.05) is 19.9 Å². The normalized spacial score (nSPS) is 12.8. The van der Waals surface area contributed by atoms with Crippen LogP contribution in [-0.4, -0.2) is 41.4 Å². The molecule has 20 heavy (non-hydrogen) atoms. The topological polar surface area (TPSA) is 98.7 Å². The van der Waals surface area contributed by atoms with E-state index < -0.39 is 18.0 Å². The molecule has 0 fully saturated rings. The lowest BCUT2D eigenvalue weighted by molar-refractivity contribution is -0.139. The van der Waals surface area contributed by atoms with Crippen molar-refractivity contribution in [1.29, 1.82) is 0 Å². The van der Waals surface area contributed by atoms with Gasteiger partial charge in [0.2, 0.25) is 0 Å². The summed E-state index contributed by atoms with van der Waals surface area (Å²) in [6.45, 7) is 4.10. The molecule has 0 aromatic carbocycles. The van der Waals surface area contributed by atoms with Crippen molar-refractivity contribution in [2.45, 2.75) is 31.7 Å². The van der Waals surface area contributed by atoms with Crippen LogP contribution >= 0.6 is 11.3 Å². The first-order chi connectivity index (χ1) is 9.36. The predicted octanol–water partition coefficient (Wildman–Crippen LogP) is 1.16. The highest BCUT2D eigenvalue weighted by Crippen LogP contribution is 2.26. The molecule has 0 aliphatic heterocycles. The van der Waals surface area contributed by atoms with Crippen molar-refractivity contribution in [3.63, 3.8) is 0 Å². The molecule has 0 saturated heterocycles. The Kier molecular flexibility index (Phi) is 5.97. The lowest BCUT2D eigenvalue weighted by Crippen LogP contribution is -2.48. The van der Waals surface area contributed by atoms with E-state index in [4.69, 9.17) is 10.2 Å². The number of hydrogen-bond donors (Lipinski definition) is 4. The second-order valence-corrected chi connectivity index (χ2v) is 6.04. The smallest absolute Gasteiger partial charge is 0.326 e. The number of rotatable bonds is 7. The van der Waals surface area contributed by atoms with Gasteiger partial charge < -0.3 is 20.8 Å². The highest BCUT2D eigenvalue weighted by molar-refractivity contribution is 7.10. The Bertz CT molecular complexity index is 445. The van der Waals surface area contributed by atoms with E-state index in [0.717, 1.165) is 4.88 Å². The number of carbonyl (C=O) groups excluding carboxylic acids is 1. The Hall–Kier alpha value is -1.60. The molecule has 0 unspecified atom stereocenters. The Balaban J connectivity index is 2.48. The van der Waals surface area contributed by atoms with Crippen LogP contribution in [0.25, 0.3) is 0 Å². The van der Waals surface area contributed by atoms with Crippen LogP contribution in [0.5, 0.6) is 0 Å². The van der Waals surface area contributed by atoms with Crippen LogP contribution < -0.4 is 10.6 Å². The zero-order chi connectivity index (χ0) is 15.2. The molecule has 1 rings (SSSR count). The number of urea groups is 1. The van der Waals surface area contributed by atoms with Gasteiger partial charge in [0.1, 0.15) is 6.04 Å². The van der Waals surface area contributed by atoms with E-state index in [1.165, 1.54) is 0 Å². The van der Waals surface area contributed by atoms with Crippen LogP contribution in [0.1, 0.15) is 25.1 Å². The van der Waals surface area contributed by atoms with Crippen LogP contribution in [0.3, 0.4) is 0 Å². The summed E-state index contributed by atoms with van der Waals surface area (Å²) in [5, 5.41) is 24.6. The van der Waals surface area contributed by atoms with Crippen molar-refractivity contribution in [2.24, 2.45) is 0 Å². The second-order valence-electron chi connectivity index (χ2n) is 5.09. The van der Waals surface area contributed by atoms with Crippen molar-refractivity contribution in [1.82, 2.24) is 10.6 Å². The fourth-order valence-electron chi connectivity index (χ4n) is 1.65.